The average molecular weight is 297 g/mol. The molecular formula is C17H15NO4. The number of esters is 1. The summed E-state index contributed by atoms with van der Waals surface area (Å²) in [6.07, 6.45) is 11.0. The van der Waals surface area contributed by atoms with Gasteiger partial charge in [-0.25, -0.2) is 4.79 Å². The van der Waals surface area contributed by atoms with Crippen LogP contribution in [0, 0.1) is 11.3 Å². The van der Waals surface area contributed by atoms with Gasteiger partial charge in [-0.05, 0) is 36.1 Å². The highest BCUT2D eigenvalue weighted by Crippen LogP contribution is 2.34. The number of rotatable bonds is 1. The largest absolute Gasteiger partial charge is 0.464 e. The zero-order valence-corrected chi connectivity index (χ0v) is 12.1. The number of carbonyl (C=O) groups is 1. The molecule has 0 N–H and O–H groups in total. The fourth-order valence-corrected chi connectivity index (χ4v) is 2.65. The molecule has 0 spiro atoms. The lowest BCUT2D eigenvalue weighted by molar-refractivity contribution is -0.185. The highest BCUT2D eigenvalue weighted by atomic mass is 16.7. The zero-order chi connectivity index (χ0) is 15.5. The first-order chi connectivity index (χ1) is 10.7. The standard InChI is InChI=1S/C17H15NO4/c1-20-16(19)17-21-10-12-4-2-3-5-13(12)14-7-6-11(9-18)8-15(14)22-17/h2,4,6-8,10,15,17H,3,5H2,1H3/b12-10?,14-13-. The molecule has 1 heterocycles. The van der Waals surface area contributed by atoms with Gasteiger partial charge in [0.1, 0.15) is 6.10 Å². The molecule has 2 unspecified atom stereocenters. The predicted octanol–water partition coefficient (Wildman–Crippen LogP) is 2.45. The second kappa shape index (κ2) is 6.04. The Balaban J connectivity index is 2.06. The van der Waals surface area contributed by atoms with Crippen molar-refractivity contribution in [2.24, 2.45) is 0 Å². The Bertz CT molecular complexity index is 688. The third-order valence-electron chi connectivity index (χ3n) is 3.75. The quantitative estimate of drug-likeness (QED) is 0.695. The summed E-state index contributed by atoms with van der Waals surface area (Å²) < 4.78 is 15.9. The molecule has 1 aliphatic heterocycles. The summed E-state index contributed by atoms with van der Waals surface area (Å²) in [6.45, 7) is 0. The first-order valence-corrected chi connectivity index (χ1v) is 7.02. The molecule has 112 valence electrons. The first-order valence-electron chi connectivity index (χ1n) is 7.02. The minimum atomic E-state index is -1.16. The van der Waals surface area contributed by atoms with Gasteiger partial charge in [0.25, 0.3) is 6.29 Å². The number of hydrogen-bond donors (Lipinski definition) is 0. The van der Waals surface area contributed by atoms with E-state index in [0.717, 1.165) is 29.6 Å². The van der Waals surface area contributed by atoms with Crippen LogP contribution in [0.1, 0.15) is 12.8 Å². The second-order valence-electron chi connectivity index (χ2n) is 5.06. The monoisotopic (exact) mass is 297 g/mol. The number of fused-ring (bicyclic) bond motifs is 2. The van der Waals surface area contributed by atoms with Crippen molar-refractivity contribution in [2.45, 2.75) is 25.2 Å². The molecule has 0 fully saturated rings. The molecule has 5 nitrogen and oxygen atoms in total. The number of allylic oxidation sites excluding steroid dienone is 6. The van der Waals surface area contributed by atoms with E-state index in [1.165, 1.54) is 13.4 Å². The van der Waals surface area contributed by atoms with Crippen LogP contribution in [0.2, 0.25) is 0 Å². The fourth-order valence-electron chi connectivity index (χ4n) is 2.65. The maximum absolute atomic E-state index is 11.8. The van der Waals surface area contributed by atoms with Crippen molar-refractivity contribution in [1.82, 2.24) is 0 Å². The van der Waals surface area contributed by atoms with Gasteiger partial charge in [-0.3, -0.25) is 0 Å². The molecule has 5 heteroatoms. The zero-order valence-electron chi connectivity index (χ0n) is 12.1. The van der Waals surface area contributed by atoms with E-state index in [2.05, 4.69) is 12.1 Å². The lowest BCUT2D eigenvalue weighted by Gasteiger charge is -2.29. The minimum absolute atomic E-state index is 0.496. The Kier molecular flexibility index (Phi) is 3.94. The highest BCUT2D eigenvalue weighted by Gasteiger charge is 2.31. The molecule has 0 aromatic heterocycles. The van der Waals surface area contributed by atoms with Gasteiger partial charge >= 0.3 is 5.97 Å². The Labute approximate surface area is 128 Å². The lowest BCUT2D eigenvalue weighted by atomic mass is 9.86. The second-order valence-corrected chi connectivity index (χ2v) is 5.06. The first kappa shape index (κ1) is 14.4. The van der Waals surface area contributed by atoms with Crippen LogP contribution in [-0.2, 0) is 19.0 Å². The Morgan fingerprint density at radius 1 is 1.41 bits per heavy atom. The van der Waals surface area contributed by atoms with E-state index in [1.807, 2.05) is 12.2 Å². The molecule has 0 bridgehead atoms. The van der Waals surface area contributed by atoms with Crippen LogP contribution in [0.3, 0.4) is 0 Å². The SMILES string of the molecule is COC(=O)C1OC=C2C=CCC/C2=C2\C=CC(C#N)=CC2O1. The van der Waals surface area contributed by atoms with Crippen LogP contribution < -0.4 is 0 Å². The normalized spacial score (nSPS) is 29.6. The van der Waals surface area contributed by atoms with E-state index in [1.54, 1.807) is 12.2 Å². The number of nitriles is 1. The predicted molar refractivity (Wildman–Crippen MR) is 78.1 cm³/mol. The van der Waals surface area contributed by atoms with E-state index in [0.29, 0.717) is 5.57 Å². The summed E-state index contributed by atoms with van der Waals surface area (Å²) >= 11 is 0. The molecule has 0 saturated heterocycles. The smallest absolute Gasteiger partial charge is 0.376 e. The van der Waals surface area contributed by atoms with Crippen molar-refractivity contribution in [1.29, 1.82) is 5.26 Å². The van der Waals surface area contributed by atoms with E-state index < -0.39 is 18.4 Å². The fraction of sp³-hybridized carbons (Fsp3) is 0.294. The van der Waals surface area contributed by atoms with E-state index in [-0.39, 0.29) is 0 Å². The molecule has 0 aromatic rings. The number of hydrogen-bond acceptors (Lipinski definition) is 5. The molecular weight excluding hydrogens is 282 g/mol. The third kappa shape index (κ3) is 2.61. The minimum Gasteiger partial charge on any atom is -0.464 e. The van der Waals surface area contributed by atoms with E-state index in [9.17, 15) is 4.79 Å². The summed E-state index contributed by atoms with van der Waals surface area (Å²) in [6, 6.07) is 2.09. The summed E-state index contributed by atoms with van der Waals surface area (Å²) in [5.41, 5.74) is 3.48. The van der Waals surface area contributed by atoms with Gasteiger partial charge in [-0.2, -0.15) is 5.26 Å². The summed E-state index contributed by atoms with van der Waals surface area (Å²) in [7, 11) is 1.28. The van der Waals surface area contributed by atoms with Gasteiger partial charge in [0.05, 0.1) is 25.0 Å². The molecule has 3 rings (SSSR count). The number of methoxy groups -OCH3 is 1. The van der Waals surface area contributed by atoms with Crippen LogP contribution in [0.25, 0.3) is 0 Å². The maximum atomic E-state index is 11.8. The summed E-state index contributed by atoms with van der Waals surface area (Å²) in [4.78, 5) is 11.8. The van der Waals surface area contributed by atoms with Crippen molar-refractivity contribution in [3.8, 4) is 6.07 Å². The van der Waals surface area contributed by atoms with Crippen LogP contribution in [0.5, 0.6) is 0 Å². The van der Waals surface area contributed by atoms with Gasteiger partial charge in [-0.1, -0.05) is 18.2 Å². The van der Waals surface area contributed by atoms with Gasteiger partial charge in [0.2, 0.25) is 0 Å². The van der Waals surface area contributed by atoms with Gasteiger partial charge in [-0.15, -0.1) is 0 Å². The van der Waals surface area contributed by atoms with Crippen LogP contribution in [-0.4, -0.2) is 25.5 Å². The Morgan fingerprint density at radius 3 is 3.05 bits per heavy atom. The molecule has 2 aliphatic carbocycles. The van der Waals surface area contributed by atoms with E-state index >= 15 is 0 Å². The van der Waals surface area contributed by atoms with Crippen molar-refractivity contribution in [2.75, 3.05) is 7.11 Å². The summed E-state index contributed by atoms with van der Waals surface area (Å²) in [5, 5.41) is 9.07. The molecule has 0 amide bonds. The third-order valence-corrected chi connectivity index (χ3v) is 3.75. The van der Waals surface area contributed by atoms with Gasteiger partial charge in [0.15, 0.2) is 0 Å². The van der Waals surface area contributed by atoms with Gasteiger partial charge < -0.3 is 14.2 Å². The molecule has 0 saturated carbocycles. The van der Waals surface area contributed by atoms with Crippen molar-refractivity contribution in [3.63, 3.8) is 0 Å². The molecule has 22 heavy (non-hydrogen) atoms. The Hall–Kier alpha value is -2.58. The molecule has 0 aromatic carbocycles. The maximum Gasteiger partial charge on any atom is 0.376 e. The van der Waals surface area contributed by atoms with Crippen LogP contribution in [0.4, 0.5) is 0 Å². The van der Waals surface area contributed by atoms with E-state index in [4.69, 9.17) is 19.5 Å². The topological polar surface area (TPSA) is 68.5 Å². The highest BCUT2D eigenvalue weighted by molar-refractivity contribution is 5.73. The molecule has 0 radical (unpaired) electrons. The Morgan fingerprint density at radius 2 is 2.27 bits per heavy atom. The molecule has 3 aliphatic rings. The number of ether oxygens (including phenoxy) is 3. The average Bonchev–Trinajstić information content (AvgIpc) is 2.56. The van der Waals surface area contributed by atoms with Crippen molar-refractivity contribution >= 4 is 5.97 Å². The number of carbonyl (C=O) groups excluding carboxylic acids is 1. The number of nitrogens with zero attached hydrogens (tertiary/aromatic N) is 1. The lowest BCUT2D eigenvalue weighted by Crippen LogP contribution is -2.34. The van der Waals surface area contributed by atoms with Crippen molar-refractivity contribution in [3.05, 3.63) is 58.9 Å². The van der Waals surface area contributed by atoms with Crippen LogP contribution in [0.15, 0.2) is 58.9 Å². The van der Waals surface area contributed by atoms with Crippen LogP contribution >= 0.6 is 0 Å². The van der Waals surface area contributed by atoms with Crippen molar-refractivity contribution < 1.29 is 19.0 Å². The summed E-state index contributed by atoms with van der Waals surface area (Å²) in [5.74, 6) is -0.610. The van der Waals surface area contributed by atoms with Gasteiger partial charge in [0, 0.05) is 5.57 Å². The molecule has 2 atom stereocenters.